The molecular formula is C60H86N2O2S2. The number of nitrogens with two attached hydrogens (primary N) is 2. The van der Waals surface area contributed by atoms with Crippen molar-refractivity contribution in [1.82, 2.24) is 0 Å². The predicted octanol–water partition coefficient (Wildman–Crippen LogP) is 18.8. The van der Waals surface area contributed by atoms with Gasteiger partial charge in [0.25, 0.3) is 0 Å². The summed E-state index contributed by atoms with van der Waals surface area (Å²) in [5, 5.41) is 0. The quantitative estimate of drug-likeness (QED) is 0.0307. The van der Waals surface area contributed by atoms with Crippen LogP contribution in [0.4, 0.5) is 11.4 Å². The summed E-state index contributed by atoms with van der Waals surface area (Å²) in [6.07, 6.45) is 42.9. The van der Waals surface area contributed by atoms with Crippen molar-refractivity contribution in [2.24, 2.45) is 0 Å². The van der Waals surface area contributed by atoms with Crippen molar-refractivity contribution >= 4 is 46.5 Å². The number of rotatable bonds is 36. The summed E-state index contributed by atoms with van der Waals surface area (Å²) in [6.45, 7) is 4.57. The van der Waals surface area contributed by atoms with Gasteiger partial charge in [0.15, 0.2) is 11.6 Å². The van der Waals surface area contributed by atoms with Crippen molar-refractivity contribution in [2.45, 2.75) is 239 Å². The lowest BCUT2D eigenvalue weighted by Gasteiger charge is -2.22. The van der Waals surface area contributed by atoms with E-state index in [4.69, 9.17) is 11.5 Å². The minimum absolute atomic E-state index is 0.122. The van der Waals surface area contributed by atoms with Crippen LogP contribution >= 0.6 is 23.5 Å². The van der Waals surface area contributed by atoms with E-state index in [1.165, 1.54) is 227 Å². The molecule has 1 aliphatic carbocycles. The lowest BCUT2D eigenvalue weighted by Crippen LogP contribution is -2.22. The van der Waals surface area contributed by atoms with E-state index in [9.17, 15) is 9.59 Å². The molecule has 0 atom stereocenters. The maximum atomic E-state index is 14.6. The minimum Gasteiger partial charge on any atom is -0.398 e. The number of hydrogen-bond acceptors (Lipinski definition) is 6. The third-order valence-corrected chi connectivity index (χ3v) is 16.0. The average molecular weight is 931 g/mol. The average Bonchev–Trinajstić information content (AvgIpc) is 3.32. The van der Waals surface area contributed by atoms with Gasteiger partial charge in [-0.05, 0) is 73.2 Å². The minimum atomic E-state index is -0.127. The number of carbonyl (C=O) groups excluding carboxylic acids is 2. The second kappa shape index (κ2) is 31.5. The molecular weight excluding hydrogens is 845 g/mol. The highest BCUT2D eigenvalue weighted by Gasteiger charge is 2.34. The Balaban J connectivity index is 1.05. The second-order valence-corrected chi connectivity index (χ2v) is 21.5. The molecule has 4 aromatic rings. The third-order valence-electron chi connectivity index (χ3n) is 13.7. The topological polar surface area (TPSA) is 86.2 Å². The van der Waals surface area contributed by atoms with Crippen LogP contribution in [0, 0.1) is 0 Å². The van der Waals surface area contributed by atoms with Crippen LogP contribution in [0.2, 0.25) is 0 Å². The van der Waals surface area contributed by atoms with Gasteiger partial charge in [-0.25, -0.2) is 0 Å². The zero-order valence-corrected chi connectivity index (χ0v) is 43.0. The van der Waals surface area contributed by atoms with E-state index < -0.39 is 0 Å². The number of hydrogen-bond donors (Lipinski definition) is 2. The van der Waals surface area contributed by atoms with E-state index >= 15 is 0 Å². The molecule has 0 fully saturated rings. The molecule has 1 aliphatic rings. The van der Waals surface area contributed by atoms with Crippen molar-refractivity contribution in [3.63, 3.8) is 0 Å². The standard InChI is InChI=1S/C60H86N2O2S2/c1-3-5-7-9-11-13-15-17-19-21-23-25-27-29-31-35-47-41-43-53(51(61)45-47)65-55-39-33-37-49-57(55)60(64)58-50(59(49)63)38-34-40-56(58)66-54-44-42-48(46-52(54)62)36-32-30-28-26-24-22-20-18-16-14-12-10-8-6-4-2/h33-34,37-46H,3-32,35-36,61-62H2,1-2H3. The van der Waals surface area contributed by atoms with E-state index in [2.05, 4.69) is 50.2 Å². The summed E-state index contributed by atoms with van der Waals surface area (Å²) in [5.41, 5.74) is 19.1. The van der Waals surface area contributed by atoms with Crippen LogP contribution < -0.4 is 11.5 Å². The fourth-order valence-corrected chi connectivity index (χ4v) is 11.7. The Kier molecular flexibility index (Phi) is 25.6. The van der Waals surface area contributed by atoms with Crippen LogP contribution in [0.5, 0.6) is 0 Å². The first-order chi connectivity index (χ1) is 32.4. The SMILES string of the molecule is CCCCCCCCCCCCCCCCCc1ccc(Sc2cccc3c2C(=O)c2c(Sc4ccc(CCCCCCCCCCCCCCCCC)cc4N)cccc2C3=O)c(N)c1. The molecule has 4 N–H and O–H groups in total. The van der Waals surface area contributed by atoms with Crippen LogP contribution in [-0.4, -0.2) is 11.6 Å². The molecule has 0 unspecified atom stereocenters. The highest BCUT2D eigenvalue weighted by atomic mass is 32.2. The van der Waals surface area contributed by atoms with Gasteiger partial charge in [0, 0.05) is 53.2 Å². The number of fused-ring (bicyclic) bond motifs is 2. The molecule has 0 saturated heterocycles. The number of benzene rings is 4. The Morgan fingerprint density at radius 1 is 0.348 bits per heavy atom. The van der Waals surface area contributed by atoms with E-state index in [0.717, 1.165) is 32.4 Å². The molecule has 5 rings (SSSR count). The molecule has 0 bridgehead atoms. The van der Waals surface area contributed by atoms with Crippen LogP contribution in [0.1, 0.15) is 249 Å². The van der Waals surface area contributed by atoms with E-state index in [-0.39, 0.29) is 11.6 Å². The largest absolute Gasteiger partial charge is 0.398 e. The van der Waals surface area contributed by atoms with Gasteiger partial charge in [-0.15, -0.1) is 0 Å². The van der Waals surface area contributed by atoms with Crippen LogP contribution in [0.3, 0.4) is 0 Å². The Morgan fingerprint density at radius 3 is 0.955 bits per heavy atom. The number of ketones is 2. The molecule has 0 aliphatic heterocycles. The van der Waals surface area contributed by atoms with Gasteiger partial charge < -0.3 is 11.5 Å². The van der Waals surface area contributed by atoms with Gasteiger partial charge in [-0.2, -0.15) is 0 Å². The zero-order chi connectivity index (χ0) is 46.6. The first kappa shape index (κ1) is 53.5. The highest BCUT2D eigenvalue weighted by molar-refractivity contribution is 8.00. The van der Waals surface area contributed by atoms with E-state index in [1.54, 1.807) is 12.1 Å². The van der Waals surface area contributed by atoms with Crippen molar-refractivity contribution in [2.75, 3.05) is 11.5 Å². The number of nitrogen functional groups attached to an aromatic ring is 2. The van der Waals surface area contributed by atoms with Gasteiger partial charge in [-0.1, -0.05) is 254 Å². The molecule has 0 spiro atoms. The monoisotopic (exact) mass is 931 g/mol. The molecule has 66 heavy (non-hydrogen) atoms. The summed E-state index contributed by atoms with van der Waals surface area (Å²) >= 11 is 2.95. The van der Waals surface area contributed by atoms with E-state index in [1.807, 2.05) is 24.3 Å². The fourth-order valence-electron chi connectivity index (χ4n) is 9.68. The molecule has 6 heteroatoms. The number of unbranched alkanes of at least 4 members (excludes halogenated alkanes) is 28. The van der Waals surface area contributed by atoms with E-state index in [0.29, 0.717) is 33.6 Å². The zero-order valence-electron chi connectivity index (χ0n) is 41.3. The second-order valence-electron chi connectivity index (χ2n) is 19.4. The van der Waals surface area contributed by atoms with Crippen LogP contribution in [0.25, 0.3) is 0 Å². The lowest BCUT2D eigenvalue weighted by atomic mass is 9.84. The first-order valence-corrected chi connectivity index (χ1v) is 28.5. The maximum Gasteiger partial charge on any atom is 0.196 e. The summed E-state index contributed by atoms with van der Waals surface area (Å²) in [4.78, 5) is 31.9. The summed E-state index contributed by atoms with van der Waals surface area (Å²) < 4.78 is 0. The fraction of sp³-hybridized carbons (Fsp3) is 0.567. The molecule has 4 aromatic carbocycles. The van der Waals surface area contributed by atoms with Gasteiger partial charge in [-0.3, -0.25) is 9.59 Å². The number of aryl methyl sites for hydroxylation is 2. The molecule has 0 amide bonds. The molecule has 0 heterocycles. The molecule has 4 nitrogen and oxygen atoms in total. The van der Waals surface area contributed by atoms with Crippen molar-refractivity contribution in [3.05, 3.63) is 106 Å². The highest BCUT2D eigenvalue weighted by Crippen LogP contribution is 2.43. The Labute approximate surface area is 410 Å². The summed E-state index contributed by atoms with van der Waals surface area (Å²) in [6, 6.07) is 23.9. The first-order valence-electron chi connectivity index (χ1n) is 26.9. The van der Waals surface area contributed by atoms with Crippen molar-refractivity contribution < 1.29 is 9.59 Å². The van der Waals surface area contributed by atoms with Gasteiger partial charge in [0.2, 0.25) is 0 Å². The summed E-state index contributed by atoms with van der Waals surface area (Å²) in [7, 11) is 0. The van der Waals surface area contributed by atoms with Crippen molar-refractivity contribution in [1.29, 1.82) is 0 Å². The smallest absolute Gasteiger partial charge is 0.196 e. The molecule has 360 valence electrons. The Morgan fingerprint density at radius 2 is 0.652 bits per heavy atom. The normalized spacial score (nSPS) is 12.2. The third kappa shape index (κ3) is 18.2. The van der Waals surface area contributed by atoms with Crippen LogP contribution in [-0.2, 0) is 12.8 Å². The molecule has 0 radical (unpaired) electrons. The van der Waals surface area contributed by atoms with Gasteiger partial charge >= 0.3 is 0 Å². The van der Waals surface area contributed by atoms with Crippen LogP contribution in [0.15, 0.2) is 92.4 Å². The number of anilines is 2. The lowest BCUT2D eigenvalue weighted by molar-refractivity contribution is 0.0974. The summed E-state index contributed by atoms with van der Waals surface area (Å²) in [5.74, 6) is -0.249. The van der Waals surface area contributed by atoms with Gasteiger partial charge in [0.1, 0.15) is 0 Å². The molecule has 0 aromatic heterocycles. The number of carbonyl (C=O) groups is 2. The Hall–Kier alpha value is -3.48. The van der Waals surface area contributed by atoms with Crippen molar-refractivity contribution in [3.8, 4) is 0 Å². The van der Waals surface area contributed by atoms with Gasteiger partial charge in [0.05, 0.1) is 0 Å². The predicted molar refractivity (Wildman–Crippen MR) is 287 cm³/mol. The Bertz CT molecular complexity index is 1900. The maximum absolute atomic E-state index is 14.6. The molecule has 0 saturated carbocycles.